The molecular weight excluding hydrogens is 425 g/mol. The van der Waals surface area contributed by atoms with E-state index >= 15 is 0 Å². The Kier molecular flexibility index (Phi) is 5.62. The minimum atomic E-state index is -0.611. The maximum atomic E-state index is 14.9. The molecule has 1 atom stereocenters. The van der Waals surface area contributed by atoms with Crippen LogP contribution in [0.2, 0.25) is 0 Å². The number of urea groups is 1. The van der Waals surface area contributed by atoms with Gasteiger partial charge in [-0.1, -0.05) is 6.07 Å². The summed E-state index contributed by atoms with van der Waals surface area (Å²) < 4.78 is 20.8. The molecule has 2 aromatic carbocycles. The monoisotopic (exact) mass is 451 g/mol. The number of piperidine rings is 1. The van der Waals surface area contributed by atoms with Gasteiger partial charge in [-0.2, -0.15) is 9.78 Å². The zero-order valence-electron chi connectivity index (χ0n) is 18.4. The normalized spacial score (nSPS) is 17.6. The number of carbonyl (C=O) groups is 2. The van der Waals surface area contributed by atoms with E-state index in [0.29, 0.717) is 22.3 Å². The largest absolute Gasteiger partial charge is 0.451 e. The molecule has 172 valence electrons. The lowest BCUT2D eigenvalue weighted by atomic mass is 10.0. The Morgan fingerprint density at radius 3 is 2.79 bits per heavy atom. The lowest BCUT2D eigenvalue weighted by Crippen LogP contribution is -2.32. The number of aryl methyl sites for hydroxylation is 1. The maximum Gasteiger partial charge on any atom is 0.434 e. The lowest BCUT2D eigenvalue weighted by Gasteiger charge is -2.29. The van der Waals surface area contributed by atoms with Crippen LogP contribution in [0.5, 0.6) is 0 Å². The smallest absolute Gasteiger partial charge is 0.434 e. The Labute approximate surface area is 190 Å². The highest BCUT2D eigenvalue weighted by atomic mass is 19.1. The Morgan fingerprint density at radius 1 is 1.18 bits per heavy atom. The Bertz CT molecular complexity index is 1220. The molecule has 33 heavy (non-hydrogen) atoms. The van der Waals surface area contributed by atoms with E-state index in [1.807, 2.05) is 6.07 Å². The second-order valence-electron chi connectivity index (χ2n) is 8.50. The highest BCUT2D eigenvalue weighted by molar-refractivity contribution is 6.02. The first-order valence-corrected chi connectivity index (χ1v) is 11.2. The fraction of sp³-hybridized carbons (Fsp3) is 0.375. The molecule has 2 aliphatic rings. The van der Waals surface area contributed by atoms with Gasteiger partial charge in [0.05, 0.1) is 36.2 Å². The minimum absolute atomic E-state index is 0.232. The second kappa shape index (κ2) is 8.73. The summed E-state index contributed by atoms with van der Waals surface area (Å²) in [5, 5.41) is 10.5. The quantitative estimate of drug-likeness (QED) is 0.608. The standard InChI is InChI=1S/C24H26FN5O3/c1-33-24(32)30-21-7-5-6-19(17(21)14-26-30)27-23(31)28-20-9-8-15-12-22(18(25)13-16(15)20)29-10-3-2-4-11-29/h5-7,12-14,20H,2-4,8-11H2,1H3,(H2,27,28,31). The molecule has 2 N–H and O–H groups in total. The Hall–Kier alpha value is -3.62. The molecule has 3 aromatic rings. The molecule has 0 saturated carbocycles. The van der Waals surface area contributed by atoms with Crippen LogP contribution in [0.3, 0.4) is 0 Å². The summed E-state index contributed by atoms with van der Waals surface area (Å²) in [5.41, 5.74) is 3.64. The third-order valence-electron chi connectivity index (χ3n) is 6.50. The number of nitrogens with one attached hydrogen (secondary N) is 2. The average Bonchev–Trinajstić information content (AvgIpc) is 3.43. The average molecular weight is 452 g/mol. The van der Waals surface area contributed by atoms with Gasteiger partial charge in [-0.3, -0.25) is 0 Å². The number of benzene rings is 2. The number of hydrogen-bond acceptors (Lipinski definition) is 5. The van der Waals surface area contributed by atoms with Crippen molar-refractivity contribution in [3.8, 4) is 0 Å². The van der Waals surface area contributed by atoms with E-state index in [1.165, 1.54) is 19.7 Å². The van der Waals surface area contributed by atoms with Crippen molar-refractivity contribution in [1.29, 1.82) is 0 Å². The van der Waals surface area contributed by atoms with E-state index in [2.05, 4.69) is 20.6 Å². The topological polar surface area (TPSA) is 88.5 Å². The third kappa shape index (κ3) is 3.99. The van der Waals surface area contributed by atoms with Gasteiger partial charge in [0.25, 0.3) is 0 Å². The van der Waals surface area contributed by atoms with Crippen molar-refractivity contribution in [2.24, 2.45) is 0 Å². The van der Waals surface area contributed by atoms with Gasteiger partial charge in [0.1, 0.15) is 5.82 Å². The van der Waals surface area contributed by atoms with E-state index in [-0.39, 0.29) is 11.9 Å². The van der Waals surface area contributed by atoms with Gasteiger partial charge in [0.2, 0.25) is 0 Å². The van der Waals surface area contributed by atoms with Gasteiger partial charge < -0.3 is 20.3 Å². The molecule has 1 saturated heterocycles. The van der Waals surface area contributed by atoms with Crippen LogP contribution >= 0.6 is 0 Å². The SMILES string of the molecule is COC(=O)n1ncc2c(NC(=O)NC3CCc4cc(N5CCCCC5)c(F)cc43)cccc21. The molecule has 2 amide bonds. The molecule has 0 bridgehead atoms. The van der Waals surface area contributed by atoms with Gasteiger partial charge in [0.15, 0.2) is 0 Å². The van der Waals surface area contributed by atoms with Gasteiger partial charge in [-0.05, 0) is 67.5 Å². The maximum absolute atomic E-state index is 14.9. The van der Waals surface area contributed by atoms with Crippen molar-refractivity contribution in [3.63, 3.8) is 0 Å². The molecule has 0 radical (unpaired) electrons. The van der Waals surface area contributed by atoms with Crippen molar-refractivity contribution < 1.29 is 18.7 Å². The number of methoxy groups -OCH3 is 1. The molecule has 1 fully saturated rings. The van der Waals surface area contributed by atoms with E-state index in [1.54, 1.807) is 24.3 Å². The Balaban J connectivity index is 1.32. The molecule has 1 aliphatic carbocycles. The number of nitrogens with zero attached hydrogens (tertiary/aromatic N) is 3. The number of rotatable bonds is 3. The summed E-state index contributed by atoms with van der Waals surface area (Å²) in [6.45, 7) is 1.77. The van der Waals surface area contributed by atoms with Gasteiger partial charge in [-0.25, -0.2) is 14.0 Å². The minimum Gasteiger partial charge on any atom is -0.451 e. The van der Waals surface area contributed by atoms with Crippen LogP contribution in [0, 0.1) is 5.82 Å². The first kappa shape index (κ1) is 21.2. The van der Waals surface area contributed by atoms with Crippen molar-refractivity contribution >= 4 is 34.4 Å². The zero-order chi connectivity index (χ0) is 22.9. The number of aromatic nitrogens is 2. The number of anilines is 2. The summed E-state index contributed by atoms with van der Waals surface area (Å²) >= 11 is 0. The molecule has 2 heterocycles. The number of ether oxygens (including phenoxy) is 1. The number of halogens is 1. The summed E-state index contributed by atoms with van der Waals surface area (Å²) in [6, 6.07) is 8.06. The van der Waals surface area contributed by atoms with Crippen LogP contribution in [-0.2, 0) is 11.2 Å². The molecule has 5 rings (SSSR count). The summed E-state index contributed by atoms with van der Waals surface area (Å²) in [7, 11) is 1.28. The molecular formula is C24H26FN5O3. The van der Waals surface area contributed by atoms with Crippen LogP contribution in [-0.4, -0.2) is 42.1 Å². The third-order valence-corrected chi connectivity index (χ3v) is 6.50. The predicted molar refractivity (Wildman–Crippen MR) is 123 cm³/mol. The lowest BCUT2D eigenvalue weighted by molar-refractivity contribution is 0.170. The predicted octanol–water partition coefficient (Wildman–Crippen LogP) is 4.59. The molecule has 1 aromatic heterocycles. The second-order valence-corrected chi connectivity index (χ2v) is 8.50. The van der Waals surface area contributed by atoms with E-state index in [4.69, 9.17) is 4.74 Å². The fourth-order valence-corrected chi connectivity index (χ4v) is 4.85. The van der Waals surface area contributed by atoms with Crippen molar-refractivity contribution in [1.82, 2.24) is 15.1 Å². The van der Waals surface area contributed by atoms with Crippen molar-refractivity contribution in [2.75, 3.05) is 30.4 Å². The number of fused-ring (bicyclic) bond motifs is 2. The molecule has 0 spiro atoms. The number of hydrogen-bond donors (Lipinski definition) is 2. The van der Waals surface area contributed by atoms with Gasteiger partial charge in [-0.15, -0.1) is 0 Å². The van der Waals surface area contributed by atoms with E-state index in [0.717, 1.165) is 54.6 Å². The molecule has 8 nitrogen and oxygen atoms in total. The molecule has 1 unspecified atom stereocenters. The zero-order valence-corrected chi connectivity index (χ0v) is 18.4. The fourth-order valence-electron chi connectivity index (χ4n) is 4.85. The highest BCUT2D eigenvalue weighted by Crippen LogP contribution is 2.36. The van der Waals surface area contributed by atoms with Crippen LogP contribution in [0.25, 0.3) is 10.9 Å². The Morgan fingerprint density at radius 2 is 2.00 bits per heavy atom. The summed E-state index contributed by atoms with van der Waals surface area (Å²) in [4.78, 5) is 26.8. The highest BCUT2D eigenvalue weighted by Gasteiger charge is 2.27. The summed E-state index contributed by atoms with van der Waals surface area (Å²) in [5.74, 6) is -0.232. The number of amides is 2. The van der Waals surface area contributed by atoms with Crippen molar-refractivity contribution in [2.45, 2.75) is 38.1 Å². The van der Waals surface area contributed by atoms with E-state index < -0.39 is 12.1 Å². The van der Waals surface area contributed by atoms with Gasteiger partial charge >= 0.3 is 12.1 Å². The van der Waals surface area contributed by atoms with Crippen LogP contribution in [0.15, 0.2) is 36.5 Å². The number of carbonyl (C=O) groups excluding carboxylic acids is 2. The summed E-state index contributed by atoms with van der Waals surface area (Å²) in [6.07, 6.45) is 5.78. The van der Waals surface area contributed by atoms with Crippen LogP contribution in [0.4, 0.5) is 25.4 Å². The van der Waals surface area contributed by atoms with Crippen LogP contribution < -0.4 is 15.5 Å². The van der Waals surface area contributed by atoms with Gasteiger partial charge in [0, 0.05) is 18.5 Å². The van der Waals surface area contributed by atoms with Crippen molar-refractivity contribution in [3.05, 3.63) is 53.5 Å². The first-order chi connectivity index (χ1) is 16.0. The first-order valence-electron chi connectivity index (χ1n) is 11.2. The van der Waals surface area contributed by atoms with Crippen LogP contribution in [0.1, 0.15) is 42.9 Å². The molecule has 9 heteroatoms. The van der Waals surface area contributed by atoms with E-state index in [9.17, 15) is 14.0 Å². The molecule has 1 aliphatic heterocycles.